The van der Waals surface area contributed by atoms with E-state index in [0.717, 1.165) is 0 Å². The molecular weight excluding hydrogens is 172 g/mol. The number of unbranched alkanes of at least 4 members (excludes halogenated alkanes) is 8. The molecular formula is C13H26O. The van der Waals surface area contributed by atoms with Crippen LogP contribution < -0.4 is 0 Å². The van der Waals surface area contributed by atoms with Crippen LogP contribution in [0.5, 0.6) is 0 Å². The van der Waals surface area contributed by atoms with Gasteiger partial charge in [-0.2, -0.15) is 0 Å². The van der Waals surface area contributed by atoms with Crippen molar-refractivity contribution in [2.45, 2.75) is 64.7 Å². The van der Waals surface area contributed by atoms with Gasteiger partial charge in [-0.05, 0) is 18.9 Å². The first kappa shape index (κ1) is 13.5. The molecule has 0 unspecified atom stereocenters. The minimum atomic E-state index is 1.17. The van der Waals surface area contributed by atoms with Crippen LogP contribution in [-0.4, -0.2) is 7.11 Å². The van der Waals surface area contributed by atoms with Gasteiger partial charge in [0.15, 0.2) is 0 Å². The topological polar surface area (TPSA) is 9.23 Å². The largest absolute Gasteiger partial charge is 0.505 e. The lowest BCUT2D eigenvalue weighted by Gasteiger charge is -1.99. The van der Waals surface area contributed by atoms with E-state index in [4.69, 9.17) is 4.74 Å². The minimum absolute atomic E-state index is 1.17. The van der Waals surface area contributed by atoms with Crippen molar-refractivity contribution in [2.75, 3.05) is 7.11 Å². The normalized spacial score (nSPS) is 11.0. The highest BCUT2D eigenvalue weighted by Crippen LogP contribution is 2.09. The summed E-state index contributed by atoms with van der Waals surface area (Å²) < 4.78 is 4.83. The summed E-state index contributed by atoms with van der Waals surface area (Å²) in [5, 5.41) is 0. The lowest BCUT2D eigenvalue weighted by molar-refractivity contribution is 0.336. The molecule has 0 N–H and O–H groups in total. The first-order valence-electron chi connectivity index (χ1n) is 6.09. The van der Waals surface area contributed by atoms with Gasteiger partial charge in [0.1, 0.15) is 0 Å². The van der Waals surface area contributed by atoms with Gasteiger partial charge in [0.2, 0.25) is 0 Å². The third-order valence-electron chi connectivity index (χ3n) is 2.46. The van der Waals surface area contributed by atoms with Crippen molar-refractivity contribution >= 4 is 0 Å². The summed E-state index contributed by atoms with van der Waals surface area (Å²) in [4.78, 5) is 0. The molecule has 1 nitrogen and oxygen atoms in total. The van der Waals surface area contributed by atoms with Gasteiger partial charge >= 0.3 is 0 Å². The molecule has 14 heavy (non-hydrogen) atoms. The van der Waals surface area contributed by atoms with Gasteiger partial charge in [-0.15, -0.1) is 0 Å². The Labute approximate surface area is 89.5 Å². The molecule has 0 aliphatic rings. The second-order valence-electron chi connectivity index (χ2n) is 3.87. The summed E-state index contributed by atoms with van der Waals surface area (Å²) in [6.45, 7) is 2.27. The Kier molecular flexibility index (Phi) is 12.1. The quantitative estimate of drug-likeness (QED) is 0.366. The van der Waals surface area contributed by atoms with Gasteiger partial charge in [-0.25, -0.2) is 0 Å². The Morgan fingerprint density at radius 1 is 0.857 bits per heavy atom. The monoisotopic (exact) mass is 198 g/mol. The van der Waals surface area contributed by atoms with Gasteiger partial charge in [0.25, 0.3) is 0 Å². The van der Waals surface area contributed by atoms with Gasteiger partial charge in [-0.3, -0.25) is 0 Å². The van der Waals surface area contributed by atoms with Crippen molar-refractivity contribution < 1.29 is 4.74 Å². The van der Waals surface area contributed by atoms with E-state index in [-0.39, 0.29) is 0 Å². The van der Waals surface area contributed by atoms with Crippen LogP contribution >= 0.6 is 0 Å². The van der Waals surface area contributed by atoms with E-state index in [1.807, 2.05) is 0 Å². The van der Waals surface area contributed by atoms with E-state index < -0.39 is 0 Å². The molecule has 0 aromatic rings. The Morgan fingerprint density at radius 3 is 2.00 bits per heavy atom. The highest BCUT2D eigenvalue weighted by Gasteiger charge is 1.89. The number of ether oxygens (including phenoxy) is 1. The molecule has 0 saturated heterocycles. The summed E-state index contributed by atoms with van der Waals surface area (Å²) >= 11 is 0. The molecule has 0 spiro atoms. The standard InChI is InChI=1S/C13H26O/c1-3-4-5-6-7-8-9-10-11-12-13-14-2/h12-13H,3-11H2,1-2H3/b13-12+. The first-order chi connectivity index (χ1) is 6.91. The molecule has 0 aromatic heterocycles. The molecule has 0 amide bonds. The lowest BCUT2D eigenvalue weighted by Crippen LogP contribution is -1.80. The van der Waals surface area contributed by atoms with E-state index in [0.29, 0.717) is 0 Å². The average Bonchev–Trinajstić information content (AvgIpc) is 2.21. The molecule has 0 saturated carbocycles. The van der Waals surface area contributed by atoms with Crippen LogP contribution in [-0.2, 0) is 4.74 Å². The maximum Gasteiger partial charge on any atom is 0.0784 e. The van der Waals surface area contributed by atoms with Crippen molar-refractivity contribution in [1.29, 1.82) is 0 Å². The molecule has 0 aromatic carbocycles. The Hall–Kier alpha value is -0.460. The number of hydrogen-bond donors (Lipinski definition) is 0. The van der Waals surface area contributed by atoms with E-state index in [2.05, 4.69) is 13.0 Å². The fourth-order valence-corrected chi connectivity index (χ4v) is 1.56. The van der Waals surface area contributed by atoms with Gasteiger partial charge in [0.05, 0.1) is 13.4 Å². The van der Waals surface area contributed by atoms with Crippen molar-refractivity contribution in [3.8, 4) is 0 Å². The second kappa shape index (κ2) is 12.5. The maximum atomic E-state index is 4.83. The van der Waals surface area contributed by atoms with Crippen molar-refractivity contribution in [1.82, 2.24) is 0 Å². The maximum absolute atomic E-state index is 4.83. The van der Waals surface area contributed by atoms with Crippen LogP contribution in [0.2, 0.25) is 0 Å². The zero-order valence-electron chi connectivity index (χ0n) is 9.93. The fraction of sp³-hybridized carbons (Fsp3) is 0.846. The van der Waals surface area contributed by atoms with Crippen LogP contribution in [0.25, 0.3) is 0 Å². The zero-order valence-corrected chi connectivity index (χ0v) is 9.93. The van der Waals surface area contributed by atoms with Gasteiger partial charge in [0, 0.05) is 0 Å². The number of rotatable bonds is 10. The van der Waals surface area contributed by atoms with E-state index >= 15 is 0 Å². The summed E-state index contributed by atoms with van der Waals surface area (Å²) in [5.41, 5.74) is 0. The number of methoxy groups -OCH3 is 1. The number of allylic oxidation sites excluding steroid dienone is 1. The van der Waals surface area contributed by atoms with Crippen molar-refractivity contribution in [3.05, 3.63) is 12.3 Å². The molecule has 0 atom stereocenters. The first-order valence-corrected chi connectivity index (χ1v) is 6.09. The zero-order chi connectivity index (χ0) is 10.5. The molecule has 1 heteroatoms. The fourth-order valence-electron chi connectivity index (χ4n) is 1.56. The number of hydrogen-bond acceptors (Lipinski definition) is 1. The van der Waals surface area contributed by atoms with Crippen molar-refractivity contribution in [2.24, 2.45) is 0 Å². The Bertz CT molecular complexity index is 118. The van der Waals surface area contributed by atoms with Crippen LogP contribution in [0.1, 0.15) is 64.7 Å². The second-order valence-corrected chi connectivity index (χ2v) is 3.87. The van der Waals surface area contributed by atoms with E-state index in [1.54, 1.807) is 13.4 Å². The molecule has 0 rings (SSSR count). The minimum Gasteiger partial charge on any atom is -0.505 e. The SMILES string of the molecule is CCCCCCCCCC/C=C/OC. The van der Waals surface area contributed by atoms with Crippen LogP contribution in [0.15, 0.2) is 12.3 Å². The lowest BCUT2D eigenvalue weighted by atomic mass is 10.1. The van der Waals surface area contributed by atoms with E-state index in [1.165, 1.54) is 57.8 Å². The van der Waals surface area contributed by atoms with Crippen molar-refractivity contribution in [3.63, 3.8) is 0 Å². The average molecular weight is 198 g/mol. The summed E-state index contributed by atoms with van der Waals surface area (Å²) in [5.74, 6) is 0. The Morgan fingerprint density at radius 2 is 1.43 bits per heavy atom. The molecule has 0 aliphatic heterocycles. The predicted octanol–water partition coefficient (Wildman–Crippen LogP) is 4.68. The Balaban J connectivity index is 2.88. The van der Waals surface area contributed by atoms with E-state index in [9.17, 15) is 0 Å². The molecule has 0 heterocycles. The molecule has 0 radical (unpaired) electrons. The van der Waals surface area contributed by atoms with Crippen LogP contribution in [0.4, 0.5) is 0 Å². The van der Waals surface area contributed by atoms with Crippen LogP contribution in [0.3, 0.4) is 0 Å². The highest BCUT2D eigenvalue weighted by molar-refractivity contribution is 4.72. The van der Waals surface area contributed by atoms with Crippen LogP contribution in [0, 0.1) is 0 Å². The molecule has 0 fully saturated rings. The van der Waals surface area contributed by atoms with Gasteiger partial charge < -0.3 is 4.74 Å². The predicted molar refractivity (Wildman–Crippen MR) is 63.4 cm³/mol. The molecule has 84 valence electrons. The highest BCUT2D eigenvalue weighted by atomic mass is 16.5. The third-order valence-corrected chi connectivity index (χ3v) is 2.46. The molecule has 0 bridgehead atoms. The van der Waals surface area contributed by atoms with Gasteiger partial charge in [-0.1, -0.05) is 51.9 Å². The molecule has 0 aliphatic carbocycles. The summed E-state index contributed by atoms with van der Waals surface area (Å²) in [6, 6.07) is 0. The third kappa shape index (κ3) is 11.5. The summed E-state index contributed by atoms with van der Waals surface area (Å²) in [6.07, 6.45) is 16.2. The summed E-state index contributed by atoms with van der Waals surface area (Å²) in [7, 11) is 1.70. The smallest absolute Gasteiger partial charge is 0.0784 e.